The molecule has 2 aromatic carbocycles. The van der Waals surface area contributed by atoms with E-state index >= 15 is 0 Å². The first kappa shape index (κ1) is 18.7. The van der Waals surface area contributed by atoms with E-state index in [0.29, 0.717) is 32.3 Å². The zero-order chi connectivity index (χ0) is 20.5. The molecule has 0 bridgehead atoms. The van der Waals surface area contributed by atoms with Crippen molar-refractivity contribution >= 4 is 22.6 Å². The van der Waals surface area contributed by atoms with Crippen LogP contribution in [-0.2, 0) is 4.74 Å². The lowest BCUT2D eigenvalue weighted by molar-refractivity contribution is 0.0564. The molecule has 1 aliphatic heterocycles. The third kappa shape index (κ3) is 3.21. The van der Waals surface area contributed by atoms with E-state index in [2.05, 4.69) is 22.0 Å². The first-order chi connectivity index (χ1) is 14.8. The van der Waals surface area contributed by atoms with Gasteiger partial charge in [-0.25, -0.2) is 4.79 Å². The molecule has 0 atom stereocenters. The van der Waals surface area contributed by atoms with Crippen molar-refractivity contribution in [2.24, 2.45) is 0 Å². The molecule has 2 amide bonds. The van der Waals surface area contributed by atoms with Crippen molar-refractivity contribution < 1.29 is 9.53 Å². The molecule has 6 heteroatoms. The summed E-state index contributed by atoms with van der Waals surface area (Å²) in [7, 11) is 0. The van der Waals surface area contributed by atoms with Gasteiger partial charge >= 0.3 is 6.03 Å². The number of hydrogen-bond donors (Lipinski definition) is 1. The number of benzene rings is 2. The lowest BCUT2D eigenvalue weighted by Crippen LogP contribution is -2.43. The quantitative estimate of drug-likeness (QED) is 0.688. The second-order valence-electron chi connectivity index (χ2n) is 7.91. The fraction of sp³-hybridized carbons (Fsp3) is 0.333. The Morgan fingerprint density at radius 3 is 2.47 bits per heavy atom. The Balaban J connectivity index is 1.48. The Morgan fingerprint density at radius 2 is 1.80 bits per heavy atom. The van der Waals surface area contributed by atoms with Gasteiger partial charge in [-0.2, -0.15) is 5.26 Å². The maximum Gasteiger partial charge on any atom is 0.321 e. The second-order valence-corrected chi connectivity index (χ2v) is 7.91. The third-order valence-corrected chi connectivity index (χ3v) is 6.17. The molecule has 3 aromatic rings. The maximum atomic E-state index is 12.4. The number of nitrogens with one attached hydrogen (secondary N) is 1. The van der Waals surface area contributed by atoms with E-state index in [1.165, 1.54) is 6.42 Å². The number of carbonyl (C=O) groups is 1. The summed E-state index contributed by atoms with van der Waals surface area (Å²) >= 11 is 0. The van der Waals surface area contributed by atoms with Crippen LogP contribution in [0, 0.1) is 11.3 Å². The largest absolute Gasteiger partial charge is 0.378 e. The summed E-state index contributed by atoms with van der Waals surface area (Å²) in [6, 6.07) is 18.8. The van der Waals surface area contributed by atoms with Crippen molar-refractivity contribution in [3.8, 4) is 17.3 Å². The summed E-state index contributed by atoms with van der Waals surface area (Å²) < 4.78 is 7.65. The summed E-state index contributed by atoms with van der Waals surface area (Å²) in [4.78, 5) is 14.2. The minimum atomic E-state index is -0.104. The molecule has 2 aliphatic rings. The average Bonchev–Trinajstić information content (AvgIpc) is 3.08. The minimum Gasteiger partial charge on any atom is -0.378 e. The number of nitriles is 1. The van der Waals surface area contributed by atoms with Crippen LogP contribution >= 0.6 is 0 Å². The number of amides is 2. The number of rotatable bonds is 3. The van der Waals surface area contributed by atoms with Crippen molar-refractivity contribution in [1.29, 1.82) is 5.26 Å². The number of hydrogen-bond acceptors (Lipinski definition) is 3. The highest BCUT2D eigenvalue weighted by Crippen LogP contribution is 2.42. The zero-order valence-electron chi connectivity index (χ0n) is 16.8. The molecule has 1 N–H and O–H groups in total. The van der Waals surface area contributed by atoms with Gasteiger partial charge in [-0.15, -0.1) is 0 Å². The number of carbonyl (C=O) groups excluding carboxylic acids is 1. The van der Waals surface area contributed by atoms with Crippen LogP contribution in [0.15, 0.2) is 48.5 Å². The minimum absolute atomic E-state index is 0.104. The van der Waals surface area contributed by atoms with Crippen molar-refractivity contribution in [3.05, 3.63) is 54.1 Å². The van der Waals surface area contributed by atoms with Crippen LogP contribution in [-0.4, -0.2) is 41.8 Å². The lowest BCUT2D eigenvalue weighted by Gasteiger charge is -2.30. The summed E-state index contributed by atoms with van der Waals surface area (Å²) in [5.41, 5.74) is 4.58. The Bertz CT molecular complexity index is 1120. The van der Waals surface area contributed by atoms with Crippen LogP contribution in [0.3, 0.4) is 0 Å². The summed E-state index contributed by atoms with van der Waals surface area (Å²) in [5, 5.41) is 13.9. The molecule has 0 radical (unpaired) electrons. The van der Waals surface area contributed by atoms with Gasteiger partial charge in [0.05, 0.1) is 30.0 Å². The highest BCUT2D eigenvalue weighted by Gasteiger charge is 2.27. The average molecular weight is 400 g/mol. The van der Waals surface area contributed by atoms with Gasteiger partial charge in [0.25, 0.3) is 0 Å². The van der Waals surface area contributed by atoms with Crippen LogP contribution < -0.4 is 5.32 Å². The smallest absolute Gasteiger partial charge is 0.321 e. The Kier molecular flexibility index (Phi) is 4.89. The van der Waals surface area contributed by atoms with Crippen molar-refractivity contribution in [1.82, 2.24) is 9.47 Å². The number of fused-ring (bicyclic) bond motifs is 1. The Labute approximate surface area is 175 Å². The monoisotopic (exact) mass is 400 g/mol. The molecule has 1 saturated heterocycles. The molecule has 1 aliphatic carbocycles. The van der Waals surface area contributed by atoms with Crippen LogP contribution in [0.1, 0.15) is 30.9 Å². The molecular formula is C24H24N4O2. The predicted molar refractivity (Wildman–Crippen MR) is 116 cm³/mol. The van der Waals surface area contributed by atoms with Gasteiger partial charge in [0.15, 0.2) is 0 Å². The maximum absolute atomic E-state index is 12.4. The molecular weight excluding hydrogens is 376 g/mol. The van der Waals surface area contributed by atoms with Crippen molar-refractivity contribution in [2.45, 2.75) is 25.3 Å². The van der Waals surface area contributed by atoms with E-state index in [-0.39, 0.29) is 6.03 Å². The van der Waals surface area contributed by atoms with E-state index in [1.54, 1.807) is 4.90 Å². The second kappa shape index (κ2) is 7.85. The fourth-order valence-electron chi connectivity index (χ4n) is 4.36. The van der Waals surface area contributed by atoms with Gasteiger partial charge in [0.1, 0.15) is 6.07 Å². The Hall–Kier alpha value is -3.30. The number of ether oxygens (including phenoxy) is 1. The lowest BCUT2D eigenvalue weighted by atomic mass is 9.92. The topological polar surface area (TPSA) is 70.3 Å². The van der Waals surface area contributed by atoms with Gasteiger partial charge in [-0.1, -0.05) is 30.3 Å². The van der Waals surface area contributed by atoms with E-state index in [0.717, 1.165) is 46.3 Å². The molecule has 1 saturated carbocycles. The number of para-hydroxylation sites is 1. The third-order valence-electron chi connectivity index (χ3n) is 6.17. The number of aromatic nitrogens is 1. The first-order valence-electron chi connectivity index (χ1n) is 10.5. The number of nitrogens with zero attached hydrogens (tertiary/aromatic N) is 3. The fourth-order valence-corrected chi connectivity index (χ4v) is 4.36. The van der Waals surface area contributed by atoms with Crippen LogP contribution in [0.4, 0.5) is 10.5 Å². The van der Waals surface area contributed by atoms with Crippen molar-refractivity contribution in [3.63, 3.8) is 0 Å². The molecule has 30 heavy (non-hydrogen) atoms. The van der Waals surface area contributed by atoms with Gasteiger partial charge in [-0.05, 0) is 43.0 Å². The van der Waals surface area contributed by atoms with Gasteiger partial charge < -0.3 is 19.5 Å². The van der Waals surface area contributed by atoms with Gasteiger partial charge in [-0.3, -0.25) is 0 Å². The summed E-state index contributed by atoms with van der Waals surface area (Å²) in [6.45, 7) is 2.37. The molecule has 0 spiro atoms. The molecule has 2 fully saturated rings. The van der Waals surface area contributed by atoms with Crippen LogP contribution in [0.5, 0.6) is 0 Å². The molecule has 152 valence electrons. The predicted octanol–water partition coefficient (Wildman–Crippen LogP) is 4.77. The molecule has 2 heterocycles. The van der Waals surface area contributed by atoms with E-state index in [1.807, 2.05) is 42.5 Å². The molecule has 0 unspecified atom stereocenters. The molecule has 6 nitrogen and oxygen atoms in total. The van der Waals surface area contributed by atoms with E-state index in [9.17, 15) is 10.1 Å². The standard InChI is InChI=1S/C24H24N4O2/c25-16-21-20-6-1-2-7-22(20)28(19-4-3-5-19)23(21)17-8-10-18(11-9-17)26-24(29)27-12-14-30-15-13-27/h1-2,6-11,19H,3-5,12-15H2,(H,26,29). The highest BCUT2D eigenvalue weighted by atomic mass is 16.5. The number of urea groups is 1. The zero-order valence-corrected chi connectivity index (χ0v) is 16.8. The van der Waals surface area contributed by atoms with Crippen molar-refractivity contribution in [2.75, 3.05) is 31.6 Å². The summed E-state index contributed by atoms with van der Waals surface area (Å²) in [6.07, 6.45) is 3.51. The molecule has 1 aromatic heterocycles. The van der Waals surface area contributed by atoms with Gasteiger partial charge in [0, 0.05) is 30.2 Å². The van der Waals surface area contributed by atoms with Gasteiger partial charge in [0.2, 0.25) is 0 Å². The Morgan fingerprint density at radius 1 is 1.07 bits per heavy atom. The van der Waals surface area contributed by atoms with Crippen LogP contribution in [0.25, 0.3) is 22.2 Å². The first-order valence-corrected chi connectivity index (χ1v) is 10.5. The van der Waals surface area contributed by atoms with E-state index in [4.69, 9.17) is 4.74 Å². The molecule has 5 rings (SSSR count). The van der Waals surface area contributed by atoms with E-state index < -0.39 is 0 Å². The highest BCUT2D eigenvalue weighted by molar-refractivity contribution is 5.95. The summed E-state index contributed by atoms with van der Waals surface area (Å²) in [5.74, 6) is 0. The number of morpholine rings is 1. The normalized spacial score (nSPS) is 16.8. The SMILES string of the molecule is N#Cc1c(-c2ccc(NC(=O)N3CCOCC3)cc2)n(C2CCC2)c2ccccc12. The number of anilines is 1. The van der Waals surface area contributed by atoms with Crippen LogP contribution in [0.2, 0.25) is 0 Å².